The summed E-state index contributed by atoms with van der Waals surface area (Å²) in [7, 11) is 0. The van der Waals surface area contributed by atoms with E-state index in [0.29, 0.717) is 17.7 Å². The van der Waals surface area contributed by atoms with Crippen molar-refractivity contribution in [1.82, 2.24) is 25.2 Å². The standard InChI is InChI=1S/C21H30N6O.2ClH/c1-15(2)8-11-26-12-16-4-3-5-19(18(16)13-26)23-21(28)20-14-27(25-24-20)17-6-9-22-10-7-17;;/h3-5,14-15,17,22H,6-13H2,1-2H3,(H,23,28);2*1H. The van der Waals surface area contributed by atoms with Crippen LogP contribution in [-0.4, -0.2) is 45.4 Å². The maximum absolute atomic E-state index is 12.8. The van der Waals surface area contributed by atoms with Gasteiger partial charge in [-0.05, 0) is 62.0 Å². The minimum Gasteiger partial charge on any atom is -0.320 e. The van der Waals surface area contributed by atoms with Gasteiger partial charge in [0.25, 0.3) is 5.91 Å². The number of nitrogens with one attached hydrogen (secondary N) is 2. The van der Waals surface area contributed by atoms with Crippen molar-refractivity contribution in [2.75, 3.05) is 25.0 Å². The molecule has 166 valence electrons. The maximum atomic E-state index is 12.8. The Bertz CT molecular complexity index is 835. The fourth-order valence-electron chi connectivity index (χ4n) is 4.02. The molecule has 0 spiro atoms. The fourth-order valence-corrected chi connectivity index (χ4v) is 4.02. The molecule has 9 heteroatoms. The lowest BCUT2D eigenvalue weighted by Gasteiger charge is -2.22. The molecule has 0 unspecified atom stereocenters. The molecule has 2 aromatic rings. The molecule has 1 amide bonds. The van der Waals surface area contributed by atoms with Crippen LogP contribution < -0.4 is 10.6 Å². The minimum absolute atomic E-state index is 0. The summed E-state index contributed by atoms with van der Waals surface area (Å²) in [5.74, 6) is 0.514. The van der Waals surface area contributed by atoms with E-state index >= 15 is 0 Å². The van der Waals surface area contributed by atoms with Crippen molar-refractivity contribution >= 4 is 36.4 Å². The van der Waals surface area contributed by atoms with Gasteiger partial charge in [0.15, 0.2) is 5.69 Å². The van der Waals surface area contributed by atoms with E-state index in [1.165, 1.54) is 17.5 Å². The number of carbonyl (C=O) groups excluding carboxylic acids is 1. The Labute approximate surface area is 190 Å². The highest BCUT2D eigenvalue weighted by Crippen LogP contribution is 2.30. The van der Waals surface area contributed by atoms with Crippen molar-refractivity contribution in [2.45, 2.75) is 52.2 Å². The van der Waals surface area contributed by atoms with Gasteiger partial charge in [0.1, 0.15) is 0 Å². The number of carbonyl (C=O) groups is 1. The molecule has 0 saturated carbocycles. The molecule has 1 saturated heterocycles. The molecule has 2 aliphatic rings. The van der Waals surface area contributed by atoms with Crippen LogP contribution in [0.15, 0.2) is 24.4 Å². The quantitative estimate of drug-likeness (QED) is 0.696. The van der Waals surface area contributed by atoms with Crippen molar-refractivity contribution in [2.24, 2.45) is 5.92 Å². The average Bonchev–Trinajstić information content (AvgIpc) is 3.35. The Morgan fingerprint density at radius 1 is 1.23 bits per heavy atom. The van der Waals surface area contributed by atoms with Gasteiger partial charge in [-0.25, -0.2) is 4.68 Å². The Hall–Kier alpha value is -1.67. The second-order valence-corrected chi connectivity index (χ2v) is 8.36. The van der Waals surface area contributed by atoms with Crippen LogP contribution in [0.5, 0.6) is 0 Å². The Kier molecular flexibility index (Phi) is 9.09. The largest absolute Gasteiger partial charge is 0.320 e. The van der Waals surface area contributed by atoms with Crippen LogP contribution in [0.3, 0.4) is 0 Å². The van der Waals surface area contributed by atoms with E-state index in [0.717, 1.165) is 51.3 Å². The van der Waals surface area contributed by atoms with E-state index in [2.05, 4.69) is 45.8 Å². The van der Waals surface area contributed by atoms with Crippen LogP contribution in [0.4, 0.5) is 5.69 Å². The highest BCUT2D eigenvalue weighted by Gasteiger charge is 2.23. The first kappa shape index (κ1) is 24.6. The van der Waals surface area contributed by atoms with Gasteiger partial charge in [-0.15, -0.1) is 29.9 Å². The molecule has 0 aliphatic carbocycles. The summed E-state index contributed by atoms with van der Waals surface area (Å²) in [6, 6.07) is 6.49. The lowest BCUT2D eigenvalue weighted by Crippen LogP contribution is -2.29. The molecular weight excluding hydrogens is 423 g/mol. The lowest BCUT2D eigenvalue weighted by molar-refractivity contribution is 0.102. The maximum Gasteiger partial charge on any atom is 0.277 e. The average molecular weight is 455 g/mol. The van der Waals surface area contributed by atoms with Crippen molar-refractivity contribution in [3.05, 3.63) is 41.2 Å². The number of hydrogen-bond donors (Lipinski definition) is 2. The predicted octanol–water partition coefficient (Wildman–Crippen LogP) is 3.66. The van der Waals surface area contributed by atoms with Gasteiger partial charge in [-0.1, -0.05) is 31.2 Å². The summed E-state index contributed by atoms with van der Waals surface area (Å²) in [4.78, 5) is 15.2. The first-order valence-electron chi connectivity index (χ1n) is 10.4. The Morgan fingerprint density at radius 3 is 2.73 bits per heavy atom. The molecule has 4 rings (SSSR count). The molecule has 0 bridgehead atoms. The summed E-state index contributed by atoms with van der Waals surface area (Å²) in [5.41, 5.74) is 3.81. The number of fused-ring (bicyclic) bond motifs is 1. The van der Waals surface area contributed by atoms with E-state index < -0.39 is 0 Å². The van der Waals surface area contributed by atoms with Crippen LogP contribution >= 0.6 is 24.8 Å². The topological polar surface area (TPSA) is 75.1 Å². The molecule has 0 radical (unpaired) electrons. The normalized spacial score (nSPS) is 16.6. The van der Waals surface area contributed by atoms with Gasteiger partial charge in [0.05, 0.1) is 12.2 Å². The number of hydrogen-bond acceptors (Lipinski definition) is 5. The molecule has 2 aliphatic heterocycles. The molecule has 7 nitrogen and oxygen atoms in total. The van der Waals surface area contributed by atoms with E-state index in [1.54, 1.807) is 6.20 Å². The van der Waals surface area contributed by atoms with Crippen LogP contribution in [0.25, 0.3) is 0 Å². The van der Waals surface area contributed by atoms with Crippen molar-refractivity contribution in [3.8, 4) is 0 Å². The molecule has 1 fully saturated rings. The highest BCUT2D eigenvalue weighted by molar-refractivity contribution is 6.03. The number of nitrogens with zero attached hydrogens (tertiary/aromatic N) is 4. The number of halogens is 2. The first-order chi connectivity index (χ1) is 13.6. The molecule has 2 N–H and O–H groups in total. The summed E-state index contributed by atoms with van der Waals surface area (Å²) in [5, 5.41) is 14.7. The lowest BCUT2D eigenvalue weighted by atomic mass is 10.1. The smallest absolute Gasteiger partial charge is 0.277 e. The second kappa shape index (κ2) is 11.1. The predicted molar refractivity (Wildman–Crippen MR) is 124 cm³/mol. The van der Waals surface area contributed by atoms with Gasteiger partial charge < -0.3 is 10.6 Å². The number of amides is 1. The number of anilines is 1. The summed E-state index contributed by atoms with van der Waals surface area (Å²) < 4.78 is 1.85. The van der Waals surface area contributed by atoms with E-state index in [9.17, 15) is 4.79 Å². The molecule has 1 aromatic carbocycles. The molecule has 30 heavy (non-hydrogen) atoms. The summed E-state index contributed by atoms with van der Waals surface area (Å²) in [6.07, 6.45) is 5.00. The summed E-state index contributed by atoms with van der Waals surface area (Å²) in [6.45, 7) is 9.41. The van der Waals surface area contributed by atoms with Gasteiger partial charge in [0.2, 0.25) is 0 Å². The third kappa shape index (κ3) is 5.72. The zero-order valence-corrected chi connectivity index (χ0v) is 19.3. The Balaban J connectivity index is 0.00000160. The van der Waals surface area contributed by atoms with Crippen LogP contribution in [0.2, 0.25) is 0 Å². The van der Waals surface area contributed by atoms with Gasteiger partial charge in [0, 0.05) is 18.8 Å². The first-order valence-corrected chi connectivity index (χ1v) is 10.4. The third-order valence-electron chi connectivity index (χ3n) is 5.75. The zero-order valence-electron chi connectivity index (χ0n) is 17.6. The van der Waals surface area contributed by atoms with Gasteiger partial charge in [-0.3, -0.25) is 9.69 Å². The number of rotatable bonds is 6. The van der Waals surface area contributed by atoms with E-state index in [-0.39, 0.29) is 30.7 Å². The van der Waals surface area contributed by atoms with Crippen LogP contribution in [0, 0.1) is 5.92 Å². The molecule has 3 heterocycles. The molecule has 0 atom stereocenters. The minimum atomic E-state index is -0.186. The fraction of sp³-hybridized carbons (Fsp3) is 0.571. The monoisotopic (exact) mass is 454 g/mol. The highest BCUT2D eigenvalue weighted by atomic mass is 35.5. The van der Waals surface area contributed by atoms with Crippen LogP contribution in [-0.2, 0) is 13.1 Å². The number of aromatic nitrogens is 3. The van der Waals surface area contributed by atoms with Crippen molar-refractivity contribution < 1.29 is 4.79 Å². The summed E-state index contributed by atoms with van der Waals surface area (Å²) >= 11 is 0. The van der Waals surface area contributed by atoms with Gasteiger partial charge in [-0.2, -0.15) is 0 Å². The number of piperidine rings is 1. The van der Waals surface area contributed by atoms with Crippen molar-refractivity contribution in [3.63, 3.8) is 0 Å². The molecule has 1 aromatic heterocycles. The second-order valence-electron chi connectivity index (χ2n) is 8.36. The third-order valence-corrected chi connectivity index (χ3v) is 5.75. The van der Waals surface area contributed by atoms with E-state index in [4.69, 9.17) is 0 Å². The molecular formula is C21H32Cl2N6O. The van der Waals surface area contributed by atoms with Crippen molar-refractivity contribution in [1.29, 1.82) is 0 Å². The zero-order chi connectivity index (χ0) is 19.5. The van der Waals surface area contributed by atoms with Gasteiger partial charge >= 0.3 is 0 Å². The Morgan fingerprint density at radius 2 is 2.00 bits per heavy atom. The van der Waals surface area contributed by atoms with E-state index in [1.807, 2.05) is 16.8 Å². The number of benzene rings is 1. The van der Waals surface area contributed by atoms with Crippen LogP contribution in [0.1, 0.15) is 60.8 Å². The SMILES string of the molecule is CC(C)CCN1Cc2cccc(NC(=O)c3cn(C4CCNCC4)nn3)c2C1.Cl.Cl.